The Morgan fingerprint density at radius 3 is 2.43 bits per heavy atom. The minimum atomic E-state index is -3.51. The molecule has 1 fully saturated rings. The van der Waals surface area contributed by atoms with Crippen molar-refractivity contribution in [3.63, 3.8) is 0 Å². The molecular formula is C16H18FNO2S. The average molecular weight is 307 g/mol. The Labute approximate surface area is 124 Å². The van der Waals surface area contributed by atoms with Crippen molar-refractivity contribution in [1.29, 1.82) is 0 Å². The van der Waals surface area contributed by atoms with Crippen molar-refractivity contribution in [2.24, 2.45) is 5.92 Å². The molecule has 0 spiro atoms. The Bertz CT molecular complexity index is 732. The molecule has 2 aromatic carbocycles. The maximum Gasteiger partial charge on any atom is 0.243 e. The Kier molecular flexibility index (Phi) is 3.95. The fourth-order valence-corrected chi connectivity index (χ4v) is 4.55. The van der Waals surface area contributed by atoms with E-state index in [-0.39, 0.29) is 12.6 Å². The minimum absolute atomic E-state index is 0.00367. The highest BCUT2D eigenvalue weighted by Gasteiger charge is 2.30. The smallest absolute Gasteiger partial charge is 0.243 e. The Morgan fingerprint density at radius 1 is 1.05 bits per heavy atom. The van der Waals surface area contributed by atoms with Crippen molar-refractivity contribution >= 4 is 20.8 Å². The zero-order valence-electron chi connectivity index (χ0n) is 11.7. The number of rotatable bonds is 3. The summed E-state index contributed by atoms with van der Waals surface area (Å²) < 4.78 is 39.8. The van der Waals surface area contributed by atoms with Gasteiger partial charge < -0.3 is 0 Å². The number of benzene rings is 2. The third-order valence-corrected chi connectivity index (χ3v) is 6.12. The van der Waals surface area contributed by atoms with Gasteiger partial charge in [0.05, 0.1) is 11.6 Å². The summed E-state index contributed by atoms with van der Waals surface area (Å²) in [6, 6.07) is 12.8. The van der Waals surface area contributed by atoms with Crippen molar-refractivity contribution in [3.8, 4) is 0 Å². The molecule has 0 aromatic heterocycles. The normalized spacial score (nSPS) is 18.1. The van der Waals surface area contributed by atoms with E-state index in [1.54, 1.807) is 12.1 Å². The van der Waals surface area contributed by atoms with Crippen molar-refractivity contribution in [2.75, 3.05) is 19.8 Å². The quantitative estimate of drug-likeness (QED) is 0.873. The van der Waals surface area contributed by atoms with Gasteiger partial charge in [0.15, 0.2) is 0 Å². The van der Waals surface area contributed by atoms with Gasteiger partial charge in [-0.05, 0) is 30.2 Å². The molecule has 2 aromatic rings. The predicted molar refractivity (Wildman–Crippen MR) is 81.4 cm³/mol. The lowest BCUT2D eigenvalue weighted by Crippen LogP contribution is -2.38. The van der Waals surface area contributed by atoms with Crippen LogP contribution in [0.2, 0.25) is 0 Å². The molecule has 0 N–H and O–H groups in total. The van der Waals surface area contributed by atoms with E-state index in [1.807, 2.05) is 30.3 Å². The van der Waals surface area contributed by atoms with Gasteiger partial charge in [-0.2, -0.15) is 4.31 Å². The largest absolute Gasteiger partial charge is 0.251 e. The summed E-state index contributed by atoms with van der Waals surface area (Å²) in [4.78, 5) is 0.347. The first-order valence-corrected chi connectivity index (χ1v) is 8.61. The van der Waals surface area contributed by atoms with Crippen LogP contribution in [-0.2, 0) is 10.0 Å². The van der Waals surface area contributed by atoms with E-state index < -0.39 is 10.0 Å². The molecule has 1 aliphatic heterocycles. The van der Waals surface area contributed by atoms with Gasteiger partial charge in [-0.1, -0.05) is 36.4 Å². The number of piperidine rings is 1. The fraction of sp³-hybridized carbons (Fsp3) is 0.375. The molecule has 5 heteroatoms. The highest BCUT2D eigenvalue weighted by Crippen LogP contribution is 2.28. The first kappa shape index (κ1) is 14.5. The van der Waals surface area contributed by atoms with Crippen LogP contribution in [0.3, 0.4) is 0 Å². The summed E-state index contributed by atoms with van der Waals surface area (Å²) in [6.45, 7) is 0.447. The topological polar surface area (TPSA) is 37.4 Å². The first-order valence-electron chi connectivity index (χ1n) is 7.17. The Morgan fingerprint density at radius 2 is 1.71 bits per heavy atom. The molecule has 0 unspecified atom stereocenters. The van der Waals surface area contributed by atoms with Crippen molar-refractivity contribution in [2.45, 2.75) is 17.7 Å². The van der Waals surface area contributed by atoms with E-state index in [0.717, 1.165) is 10.8 Å². The second-order valence-corrected chi connectivity index (χ2v) is 7.39. The summed E-state index contributed by atoms with van der Waals surface area (Å²) in [5.74, 6) is 0.00367. The number of alkyl halides is 1. The number of nitrogens with zero attached hydrogens (tertiary/aromatic N) is 1. The van der Waals surface area contributed by atoms with E-state index in [1.165, 1.54) is 4.31 Å². The van der Waals surface area contributed by atoms with Gasteiger partial charge >= 0.3 is 0 Å². The molecule has 0 atom stereocenters. The lowest BCUT2D eigenvalue weighted by molar-refractivity contribution is 0.233. The van der Waals surface area contributed by atoms with Crippen LogP contribution in [0, 0.1) is 5.92 Å². The SMILES string of the molecule is O=S(=O)(c1cccc2ccccc12)N1CCC(CF)CC1. The number of halogens is 1. The zero-order chi connectivity index (χ0) is 14.9. The predicted octanol–water partition coefficient (Wildman–Crippen LogP) is 3.21. The number of hydrogen-bond acceptors (Lipinski definition) is 2. The summed E-state index contributed by atoms with van der Waals surface area (Å²) in [5, 5.41) is 1.66. The second kappa shape index (κ2) is 5.73. The summed E-state index contributed by atoms with van der Waals surface area (Å²) in [5.41, 5.74) is 0. The zero-order valence-corrected chi connectivity index (χ0v) is 12.5. The molecule has 0 amide bonds. The molecular weight excluding hydrogens is 289 g/mol. The summed E-state index contributed by atoms with van der Waals surface area (Å²) in [7, 11) is -3.51. The van der Waals surface area contributed by atoms with Gasteiger partial charge in [-0.3, -0.25) is 4.39 Å². The maximum absolute atomic E-state index is 12.8. The highest BCUT2D eigenvalue weighted by atomic mass is 32.2. The van der Waals surface area contributed by atoms with Gasteiger partial charge in [-0.15, -0.1) is 0 Å². The molecule has 3 nitrogen and oxygen atoms in total. The molecule has 1 saturated heterocycles. The first-order chi connectivity index (χ1) is 10.1. The number of fused-ring (bicyclic) bond motifs is 1. The molecule has 112 valence electrons. The lowest BCUT2D eigenvalue weighted by Gasteiger charge is -2.30. The van der Waals surface area contributed by atoms with Crippen LogP contribution < -0.4 is 0 Å². The number of sulfonamides is 1. The summed E-state index contributed by atoms with van der Waals surface area (Å²) >= 11 is 0. The van der Waals surface area contributed by atoms with E-state index in [0.29, 0.717) is 30.8 Å². The molecule has 1 heterocycles. The molecule has 0 aliphatic carbocycles. The van der Waals surface area contributed by atoms with Gasteiger partial charge in [0.2, 0.25) is 10.0 Å². The van der Waals surface area contributed by atoms with Crippen LogP contribution in [-0.4, -0.2) is 32.5 Å². The minimum Gasteiger partial charge on any atom is -0.251 e. The lowest BCUT2D eigenvalue weighted by atomic mass is 10.0. The molecule has 3 rings (SSSR count). The van der Waals surface area contributed by atoms with Gasteiger partial charge in [-0.25, -0.2) is 8.42 Å². The van der Waals surface area contributed by atoms with Gasteiger partial charge in [0.25, 0.3) is 0 Å². The Hall–Kier alpha value is -1.46. The van der Waals surface area contributed by atoms with E-state index >= 15 is 0 Å². The molecule has 0 radical (unpaired) electrons. The Balaban J connectivity index is 1.98. The van der Waals surface area contributed by atoms with Crippen molar-refractivity contribution in [1.82, 2.24) is 4.31 Å². The standard InChI is InChI=1S/C16H18FNO2S/c17-12-13-8-10-18(11-9-13)21(19,20)16-7-3-5-14-4-1-2-6-15(14)16/h1-7,13H,8-12H2. The maximum atomic E-state index is 12.8. The molecule has 0 bridgehead atoms. The van der Waals surface area contributed by atoms with Gasteiger partial charge in [0, 0.05) is 18.5 Å². The van der Waals surface area contributed by atoms with Crippen LogP contribution >= 0.6 is 0 Å². The van der Waals surface area contributed by atoms with E-state index in [2.05, 4.69) is 0 Å². The molecule has 21 heavy (non-hydrogen) atoms. The fourth-order valence-electron chi connectivity index (χ4n) is 2.86. The van der Waals surface area contributed by atoms with Crippen LogP contribution in [0.4, 0.5) is 4.39 Å². The second-order valence-electron chi connectivity index (χ2n) is 5.48. The third-order valence-electron chi connectivity index (χ3n) is 4.16. The summed E-state index contributed by atoms with van der Waals surface area (Å²) in [6.07, 6.45) is 1.20. The molecule has 0 saturated carbocycles. The monoisotopic (exact) mass is 307 g/mol. The number of hydrogen-bond donors (Lipinski definition) is 0. The van der Waals surface area contributed by atoms with Gasteiger partial charge in [0.1, 0.15) is 0 Å². The van der Waals surface area contributed by atoms with E-state index in [4.69, 9.17) is 0 Å². The third kappa shape index (κ3) is 2.68. The van der Waals surface area contributed by atoms with Crippen LogP contribution in [0.15, 0.2) is 47.4 Å². The van der Waals surface area contributed by atoms with Crippen molar-refractivity contribution < 1.29 is 12.8 Å². The highest BCUT2D eigenvalue weighted by molar-refractivity contribution is 7.89. The van der Waals surface area contributed by atoms with Crippen LogP contribution in [0.1, 0.15) is 12.8 Å². The van der Waals surface area contributed by atoms with E-state index in [9.17, 15) is 12.8 Å². The van der Waals surface area contributed by atoms with Crippen LogP contribution in [0.5, 0.6) is 0 Å². The molecule has 1 aliphatic rings. The van der Waals surface area contributed by atoms with Crippen molar-refractivity contribution in [3.05, 3.63) is 42.5 Å². The average Bonchev–Trinajstić information content (AvgIpc) is 2.54. The van der Waals surface area contributed by atoms with Crippen LogP contribution in [0.25, 0.3) is 10.8 Å².